The molecule has 0 aliphatic carbocycles. The summed E-state index contributed by atoms with van der Waals surface area (Å²) in [5, 5.41) is 8.03. The molecule has 0 saturated heterocycles. The summed E-state index contributed by atoms with van der Waals surface area (Å²) in [5.74, 6) is 1.02. The van der Waals surface area contributed by atoms with Gasteiger partial charge in [-0.05, 0) is 12.8 Å². The predicted molar refractivity (Wildman–Crippen MR) is 66.9 cm³/mol. The highest BCUT2D eigenvalue weighted by molar-refractivity contribution is 7.99. The summed E-state index contributed by atoms with van der Waals surface area (Å²) in [6.07, 6.45) is 1.96. The van der Waals surface area contributed by atoms with Gasteiger partial charge in [-0.1, -0.05) is 25.6 Å². The largest absolute Gasteiger partial charge is 0.416 e. The van der Waals surface area contributed by atoms with Crippen LogP contribution in [0.4, 0.5) is 0 Å². The minimum absolute atomic E-state index is 0.134. The zero-order valence-electron chi connectivity index (χ0n) is 10.6. The van der Waals surface area contributed by atoms with E-state index in [0.29, 0.717) is 16.9 Å². The Morgan fingerprint density at radius 2 is 1.94 bits per heavy atom. The first-order chi connectivity index (χ1) is 8.17. The Bertz CT molecular complexity index is 348. The molecule has 0 fully saturated rings. The maximum Gasteiger partial charge on any atom is 0.277 e. The van der Waals surface area contributed by atoms with Crippen molar-refractivity contribution < 1.29 is 9.21 Å². The third-order valence-corrected chi connectivity index (χ3v) is 2.97. The molecule has 0 spiro atoms. The minimum Gasteiger partial charge on any atom is -0.416 e. The van der Waals surface area contributed by atoms with Crippen LogP contribution >= 0.6 is 11.8 Å². The summed E-state index contributed by atoms with van der Waals surface area (Å²) >= 11 is 1.30. The fourth-order valence-electron chi connectivity index (χ4n) is 1.45. The van der Waals surface area contributed by atoms with Crippen LogP contribution in [0.2, 0.25) is 0 Å². The number of hydrogen-bond donors (Lipinski definition) is 0. The Morgan fingerprint density at radius 3 is 2.41 bits per heavy atom. The Balaban J connectivity index is 2.41. The molecule has 5 nitrogen and oxygen atoms in total. The van der Waals surface area contributed by atoms with Gasteiger partial charge in [0.05, 0.1) is 5.75 Å². The molecule has 0 bridgehead atoms. The Morgan fingerprint density at radius 1 is 1.29 bits per heavy atom. The summed E-state index contributed by atoms with van der Waals surface area (Å²) in [4.78, 5) is 13.8. The number of nitrogens with zero attached hydrogens (tertiary/aromatic N) is 3. The van der Waals surface area contributed by atoms with Crippen LogP contribution in [0, 0.1) is 6.92 Å². The molecule has 0 atom stereocenters. The zero-order valence-corrected chi connectivity index (χ0v) is 11.4. The molecule has 0 aliphatic heterocycles. The number of hydrogen-bond acceptors (Lipinski definition) is 5. The number of rotatable bonds is 7. The van der Waals surface area contributed by atoms with Crippen molar-refractivity contribution in [2.24, 2.45) is 0 Å². The van der Waals surface area contributed by atoms with Crippen molar-refractivity contribution in [3.63, 3.8) is 0 Å². The van der Waals surface area contributed by atoms with Gasteiger partial charge < -0.3 is 9.32 Å². The predicted octanol–water partition coefficient (Wildman–Crippen LogP) is 2.12. The Kier molecular flexibility index (Phi) is 6.04. The van der Waals surface area contributed by atoms with Gasteiger partial charge in [-0.25, -0.2) is 0 Å². The molecule has 1 aromatic heterocycles. The van der Waals surface area contributed by atoms with Gasteiger partial charge in [-0.3, -0.25) is 4.79 Å². The van der Waals surface area contributed by atoms with E-state index < -0.39 is 0 Å². The number of amides is 1. The number of aromatic nitrogens is 2. The van der Waals surface area contributed by atoms with Crippen molar-refractivity contribution in [2.75, 3.05) is 18.8 Å². The average Bonchev–Trinajstić information content (AvgIpc) is 2.72. The lowest BCUT2D eigenvalue weighted by atomic mass is 10.3. The molecule has 1 amide bonds. The third-order valence-electron chi connectivity index (χ3n) is 2.17. The van der Waals surface area contributed by atoms with E-state index in [1.165, 1.54) is 11.8 Å². The molecule has 1 aromatic rings. The average molecular weight is 257 g/mol. The first-order valence-electron chi connectivity index (χ1n) is 5.88. The van der Waals surface area contributed by atoms with Crippen LogP contribution in [0.3, 0.4) is 0 Å². The molecule has 0 aliphatic rings. The number of aryl methyl sites for hydroxylation is 1. The third kappa shape index (κ3) is 4.77. The Hall–Kier alpha value is -1.04. The van der Waals surface area contributed by atoms with Crippen LogP contribution < -0.4 is 0 Å². The van der Waals surface area contributed by atoms with Crippen molar-refractivity contribution in [1.29, 1.82) is 0 Å². The topological polar surface area (TPSA) is 59.2 Å². The van der Waals surface area contributed by atoms with Gasteiger partial charge in [-0.15, -0.1) is 10.2 Å². The monoisotopic (exact) mass is 257 g/mol. The van der Waals surface area contributed by atoms with Crippen molar-refractivity contribution in [3.8, 4) is 0 Å². The molecule has 0 saturated carbocycles. The van der Waals surface area contributed by atoms with Crippen molar-refractivity contribution in [2.45, 2.75) is 38.8 Å². The van der Waals surface area contributed by atoms with Gasteiger partial charge >= 0.3 is 0 Å². The summed E-state index contributed by atoms with van der Waals surface area (Å²) in [7, 11) is 0. The molecule has 0 radical (unpaired) electrons. The van der Waals surface area contributed by atoms with E-state index in [4.69, 9.17) is 4.42 Å². The molecule has 1 heterocycles. The number of thioether (sulfide) groups is 1. The molecule has 17 heavy (non-hydrogen) atoms. The first kappa shape index (κ1) is 14.0. The van der Waals surface area contributed by atoms with E-state index in [9.17, 15) is 4.79 Å². The van der Waals surface area contributed by atoms with Gasteiger partial charge in [0.1, 0.15) is 0 Å². The van der Waals surface area contributed by atoms with Crippen LogP contribution in [-0.2, 0) is 4.79 Å². The van der Waals surface area contributed by atoms with Crippen LogP contribution in [0.1, 0.15) is 32.6 Å². The standard InChI is InChI=1S/C11H19N3O2S/c1-4-6-14(7-5-2)10(15)8-17-11-13-12-9(3)16-11/h4-8H2,1-3H3. The number of carbonyl (C=O) groups excluding carboxylic acids is 1. The molecule has 0 unspecified atom stereocenters. The lowest BCUT2D eigenvalue weighted by Crippen LogP contribution is -2.33. The highest BCUT2D eigenvalue weighted by atomic mass is 32.2. The zero-order chi connectivity index (χ0) is 12.7. The lowest BCUT2D eigenvalue weighted by molar-refractivity contribution is -0.128. The summed E-state index contributed by atoms with van der Waals surface area (Å²) < 4.78 is 5.20. The van der Waals surface area contributed by atoms with Crippen molar-refractivity contribution >= 4 is 17.7 Å². The molecule has 1 rings (SSSR count). The quantitative estimate of drug-likeness (QED) is 0.700. The fraction of sp³-hybridized carbons (Fsp3) is 0.727. The second-order valence-corrected chi connectivity index (χ2v) is 4.68. The number of carbonyl (C=O) groups is 1. The molecule has 0 aromatic carbocycles. The van der Waals surface area contributed by atoms with E-state index >= 15 is 0 Å². The SMILES string of the molecule is CCCN(CCC)C(=O)CSc1nnc(C)o1. The van der Waals surface area contributed by atoms with E-state index in [1.54, 1.807) is 6.92 Å². The minimum atomic E-state index is 0.134. The maximum absolute atomic E-state index is 11.9. The van der Waals surface area contributed by atoms with E-state index in [2.05, 4.69) is 24.0 Å². The highest BCUT2D eigenvalue weighted by Crippen LogP contribution is 2.16. The normalized spacial score (nSPS) is 10.5. The van der Waals surface area contributed by atoms with Crippen LogP contribution in [0.15, 0.2) is 9.64 Å². The molecular formula is C11H19N3O2S. The van der Waals surface area contributed by atoms with Crippen molar-refractivity contribution in [1.82, 2.24) is 15.1 Å². The molecule has 0 N–H and O–H groups in total. The van der Waals surface area contributed by atoms with E-state index in [-0.39, 0.29) is 5.91 Å². The fourth-order valence-corrected chi connectivity index (χ4v) is 2.16. The van der Waals surface area contributed by atoms with E-state index in [0.717, 1.165) is 25.9 Å². The van der Waals surface area contributed by atoms with Crippen LogP contribution in [0.25, 0.3) is 0 Å². The van der Waals surface area contributed by atoms with E-state index in [1.807, 2.05) is 4.90 Å². The van der Waals surface area contributed by atoms with Crippen molar-refractivity contribution in [3.05, 3.63) is 5.89 Å². The molecule has 96 valence electrons. The lowest BCUT2D eigenvalue weighted by Gasteiger charge is -2.20. The highest BCUT2D eigenvalue weighted by Gasteiger charge is 2.13. The first-order valence-corrected chi connectivity index (χ1v) is 6.86. The van der Waals surface area contributed by atoms with Gasteiger partial charge in [0.15, 0.2) is 0 Å². The summed E-state index contributed by atoms with van der Waals surface area (Å²) in [6, 6.07) is 0. The molecular weight excluding hydrogens is 238 g/mol. The Labute approximate surface area is 106 Å². The van der Waals surface area contributed by atoms with Gasteiger partial charge in [0.2, 0.25) is 11.8 Å². The summed E-state index contributed by atoms with van der Waals surface area (Å²) in [6.45, 7) is 7.51. The smallest absolute Gasteiger partial charge is 0.277 e. The summed E-state index contributed by atoms with van der Waals surface area (Å²) in [5.41, 5.74) is 0. The second kappa shape index (κ2) is 7.32. The second-order valence-electron chi connectivity index (χ2n) is 3.76. The van der Waals surface area contributed by atoms with Gasteiger partial charge in [-0.2, -0.15) is 0 Å². The molecule has 6 heteroatoms. The van der Waals surface area contributed by atoms with Crippen LogP contribution in [0.5, 0.6) is 0 Å². The van der Waals surface area contributed by atoms with Gasteiger partial charge in [0.25, 0.3) is 5.22 Å². The van der Waals surface area contributed by atoms with Gasteiger partial charge in [0, 0.05) is 20.0 Å². The maximum atomic E-state index is 11.9. The van der Waals surface area contributed by atoms with Crippen LogP contribution in [-0.4, -0.2) is 39.8 Å².